The Morgan fingerprint density at radius 3 is 3.00 bits per heavy atom. The molecule has 0 aromatic rings. The van der Waals surface area contributed by atoms with Gasteiger partial charge in [0, 0.05) is 6.42 Å². The Morgan fingerprint density at radius 1 is 1.86 bits per heavy atom. The van der Waals surface area contributed by atoms with Crippen LogP contribution in [0.5, 0.6) is 0 Å². The van der Waals surface area contributed by atoms with E-state index in [1.54, 1.807) is 12.3 Å². The van der Waals surface area contributed by atoms with Gasteiger partial charge < -0.3 is 9.84 Å². The normalized spacial score (nSPS) is 16.3. The average Bonchev–Trinajstić information content (AvgIpc) is 2.42. The van der Waals surface area contributed by atoms with Crippen LogP contribution in [0, 0.1) is 0 Å². The molecule has 0 saturated heterocycles. The SMILES string of the molecule is OC=CCC1=CO1. The molecule has 0 spiro atoms. The lowest BCUT2D eigenvalue weighted by Gasteiger charge is -1.73. The Kier molecular flexibility index (Phi) is 1.02. The second-order valence-electron chi connectivity index (χ2n) is 1.29. The topological polar surface area (TPSA) is 32.8 Å². The molecule has 1 rings (SSSR count). The average molecular weight is 98.1 g/mol. The predicted molar refractivity (Wildman–Crippen MR) is 25.6 cm³/mol. The van der Waals surface area contributed by atoms with Crippen LogP contribution in [0.15, 0.2) is 24.4 Å². The third kappa shape index (κ3) is 1.30. The van der Waals surface area contributed by atoms with Gasteiger partial charge in [-0.3, -0.25) is 0 Å². The molecule has 1 aliphatic heterocycles. The van der Waals surface area contributed by atoms with E-state index in [0.717, 1.165) is 18.4 Å². The number of allylic oxidation sites excluding steroid dienone is 1. The fraction of sp³-hybridized carbons (Fsp3) is 0.200. The zero-order valence-electron chi connectivity index (χ0n) is 3.79. The highest BCUT2D eigenvalue weighted by Gasteiger charge is 2.04. The van der Waals surface area contributed by atoms with Gasteiger partial charge in [-0.15, -0.1) is 0 Å². The summed E-state index contributed by atoms with van der Waals surface area (Å²) in [4.78, 5) is 0. The van der Waals surface area contributed by atoms with E-state index in [0.29, 0.717) is 0 Å². The van der Waals surface area contributed by atoms with Crippen LogP contribution >= 0.6 is 0 Å². The van der Waals surface area contributed by atoms with E-state index in [1.807, 2.05) is 0 Å². The molecule has 1 aliphatic rings. The van der Waals surface area contributed by atoms with Gasteiger partial charge in [-0.2, -0.15) is 0 Å². The lowest BCUT2D eigenvalue weighted by Crippen LogP contribution is -1.59. The van der Waals surface area contributed by atoms with Gasteiger partial charge in [-0.25, -0.2) is 0 Å². The van der Waals surface area contributed by atoms with Crippen molar-refractivity contribution >= 4 is 0 Å². The van der Waals surface area contributed by atoms with Crippen LogP contribution in [0.25, 0.3) is 0 Å². The van der Waals surface area contributed by atoms with Gasteiger partial charge in [0.2, 0.25) is 0 Å². The van der Waals surface area contributed by atoms with Crippen molar-refractivity contribution in [3.63, 3.8) is 0 Å². The lowest BCUT2D eigenvalue weighted by molar-refractivity contribution is 0.465. The second-order valence-corrected chi connectivity index (χ2v) is 1.29. The number of hydrogen-bond donors (Lipinski definition) is 1. The largest absolute Gasteiger partial charge is 0.516 e. The monoisotopic (exact) mass is 98.0 g/mol. The van der Waals surface area contributed by atoms with Crippen molar-refractivity contribution in [3.05, 3.63) is 24.4 Å². The van der Waals surface area contributed by atoms with E-state index >= 15 is 0 Å². The molecule has 38 valence electrons. The van der Waals surface area contributed by atoms with Crippen LogP contribution in [-0.2, 0) is 4.74 Å². The van der Waals surface area contributed by atoms with Crippen LogP contribution in [0.2, 0.25) is 0 Å². The van der Waals surface area contributed by atoms with Gasteiger partial charge in [0.05, 0.1) is 6.26 Å². The number of rotatable bonds is 2. The summed E-state index contributed by atoms with van der Waals surface area (Å²) in [7, 11) is 0. The fourth-order valence-corrected chi connectivity index (χ4v) is 0.307. The highest BCUT2D eigenvalue weighted by Crippen LogP contribution is 2.16. The van der Waals surface area contributed by atoms with E-state index in [1.165, 1.54) is 0 Å². The first-order valence-electron chi connectivity index (χ1n) is 2.08. The third-order valence-corrected chi connectivity index (χ3v) is 0.709. The number of aliphatic hydroxyl groups excluding tert-OH is 1. The van der Waals surface area contributed by atoms with Crippen LogP contribution in [0.1, 0.15) is 6.42 Å². The Balaban J connectivity index is 2.10. The van der Waals surface area contributed by atoms with Crippen molar-refractivity contribution in [2.75, 3.05) is 0 Å². The minimum absolute atomic E-state index is 0.719. The molecule has 2 nitrogen and oxygen atoms in total. The van der Waals surface area contributed by atoms with Crippen LogP contribution in [0.3, 0.4) is 0 Å². The van der Waals surface area contributed by atoms with E-state index in [4.69, 9.17) is 5.11 Å². The summed E-state index contributed by atoms with van der Waals surface area (Å²) in [5, 5.41) is 8.08. The number of aliphatic hydroxyl groups is 1. The molecule has 0 bridgehead atoms. The Hall–Kier alpha value is -0.920. The molecule has 1 heterocycles. The number of hydrogen-bond acceptors (Lipinski definition) is 2. The van der Waals surface area contributed by atoms with Crippen LogP contribution < -0.4 is 0 Å². The summed E-state index contributed by atoms with van der Waals surface area (Å²) in [6.07, 6.45) is 5.01. The lowest BCUT2D eigenvalue weighted by atomic mass is 10.4. The molecule has 0 aromatic heterocycles. The third-order valence-electron chi connectivity index (χ3n) is 0.709. The molecule has 0 unspecified atom stereocenters. The summed E-state index contributed by atoms with van der Waals surface area (Å²) in [5.41, 5.74) is 0. The van der Waals surface area contributed by atoms with Crippen molar-refractivity contribution in [3.8, 4) is 0 Å². The van der Waals surface area contributed by atoms with E-state index in [2.05, 4.69) is 4.74 Å². The van der Waals surface area contributed by atoms with E-state index in [-0.39, 0.29) is 0 Å². The molecule has 0 fully saturated rings. The molecule has 7 heavy (non-hydrogen) atoms. The van der Waals surface area contributed by atoms with E-state index in [9.17, 15) is 0 Å². The summed E-state index contributed by atoms with van der Waals surface area (Å²) >= 11 is 0. The van der Waals surface area contributed by atoms with Gasteiger partial charge in [0.15, 0.2) is 0 Å². The van der Waals surface area contributed by atoms with Crippen LogP contribution in [0.4, 0.5) is 0 Å². The molecule has 0 aliphatic carbocycles. The maximum Gasteiger partial charge on any atom is 0.142 e. The summed E-state index contributed by atoms with van der Waals surface area (Å²) < 4.78 is 4.64. The van der Waals surface area contributed by atoms with Crippen molar-refractivity contribution < 1.29 is 9.84 Å². The fourth-order valence-electron chi connectivity index (χ4n) is 0.307. The second kappa shape index (κ2) is 1.69. The highest BCUT2D eigenvalue weighted by atomic mass is 16.5. The molecule has 0 amide bonds. The molecule has 0 saturated carbocycles. The minimum Gasteiger partial charge on any atom is -0.516 e. The first kappa shape index (κ1) is 4.24. The summed E-state index contributed by atoms with van der Waals surface area (Å²) in [5.74, 6) is 0.935. The molecule has 1 N–H and O–H groups in total. The first-order valence-corrected chi connectivity index (χ1v) is 2.08. The van der Waals surface area contributed by atoms with Crippen molar-refractivity contribution in [1.82, 2.24) is 0 Å². The smallest absolute Gasteiger partial charge is 0.142 e. The maximum absolute atomic E-state index is 8.08. The summed E-state index contributed by atoms with van der Waals surface area (Å²) in [6, 6.07) is 0. The Morgan fingerprint density at radius 2 is 2.57 bits per heavy atom. The predicted octanol–water partition coefficient (Wildman–Crippen LogP) is 1.32. The van der Waals surface area contributed by atoms with Crippen molar-refractivity contribution in [2.24, 2.45) is 0 Å². The zero-order chi connectivity index (χ0) is 5.11. The summed E-state index contributed by atoms with van der Waals surface area (Å²) in [6.45, 7) is 0. The van der Waals surface area contributed by atoms with Gasteiger partial charge in [0.1, 0.15) is 12.0 Å². The molecule has 0 radical (unpaired) electrons. The van der Waals surface area contributed by atoms with Crippen molar-refractivity contribution in [2.45, 2.75) is 6.42 Å². The highest BCUT2D eigenvalue weighted by molar-refractivity contribution is 5.06. The molecule has 2 heteroatoms. The maximum atomic E-state index is 8.08. The molecule has 0 atom stereocenters. The standard InChI is InChI=1S/C5H6O2/c6-3-1-2-5-4-7-5/h1,3-4,6H,2H2. The zero-order valence-corrected chi connectivity index (χ0v) is 3.79. The van der Waals surface area contributed by atoms with Gasteiger partial charge in [-0.05, 0) is 6.08 Å². The Bertz CT molecular complexity index is 113. The molecular formula is C5H6O2. The van der Waals surface area contributed by atoms with Gasteiger partial charge >= 0.3 is 0 Å². The molecular weight excluding hydrogens is 92.1 g/mol. The minimum atomic E-state index is 0.719. The Labute approximate surface area is 41.7 Å². The van der Waals surface area contributed by atoms with Crippen molar-refractivity contribution in [1.29, 1.82) is 0 Å². The first-order chi connectivity index (χ1) is 3.43. The molecule has 0 aromatic carbocycles. The van der Waals surface area contributed by atoms with E-state index < -0.39 is 0 Å². The van der Waals surface area contributed by atoms with Gasteiger partial charge in [0.25, 0.3) is 0 Å². The van der Waals surface area contributed by atoms with Crippen LogP contribution in [-0.4, -0.2) is 5.11 Å². The number of ether oxygens (including phenoxy) is 1. The van der Waals surface area contributed by atoms with Gasteiger partial charge in [-0.1, -0.05) is 0 Å². The quantitative estimate of drug-likeness (QED) is 0.528.